The molecule has 2 aromatic rings. The molecule has 2 amide bonds. The topological polar surface area (TPSA) is 58.6 Å². The highest BCUT2D eigenvalue weighted by atomic mass is 35.5. The number of ether oxygens (including phenoxy) is 1. The Morgan fingerprint density at radius 2 is 1.68 bits per heavy atom. The SMILES string of the molecule is Cc1ccc(NC(=O)c2ccc(C(=O)N3CCOCC3)cc2)cc1Cl. The number of hydrogen-bond donors (Lipinski definition) is 1. The van der Waals surface area contributed by atoms with Crippen LogP contribution in [0.2, 0.25) is 5.02 Å². The number of benzene rings is 2. The fraction of sp³-hybridized carbons (Fsp3) is 0.263. The summed E-state index contributed by atoms with van der Waals surface area (Å²) < 4.78 is 5.25. The molecule has 6 heteroatoms. The highest BCUT2D eigenvalue weighted by Gasteiger charge is 2.18. The Hall–Kier alpha value is -2.37. The molecule has 0 atom stereocenters. The molecule has 0 aliphatic carbocycles. The molecule has 1 N–H and O–H groups in total. The lowest BCUT2D eigenvalue weighted by atomic mass is 10.1. The molecule has 0 aromatic heterocycles. The lowest BCUT2D eigenvalue weighted by Gasteiger charge is -2.26. The Morgan fingerprint density at radius 3 is 2.32 bits per heavy atom. The number of carbonyl (C=O) groups is 2. The zero-order valence-corrected chi connectivity index (χ0v) is 14.7. The van der Waals surface area contributed by atoms with E-state index in [2.05, 4.69) is 5.32 Å². The molecule has 0 unspecified atom stereocenters. The Kier molecular flexibility index (Phi) is 5.36. The highest BCUT2D eigenvalue weighted by molar-refractivity contribution is 6.31. The number of amides is 2. The van der Waals surface area contributed by atoms with Crippen molar-refractivity contribution in [2.45, 2.75) is 6.92 Å². The fourth-order valence-corrected chi connectivity index (χ4v) is 2.77. The van der Waals surface area contributed by atoms with Gasteiger partial charge in [-0.2, -0.15) is 0 Å². The van der Waals surface area contributed by atoms with Crippen LogP contribution < -0.4 is 5.32 Å². The van der Waals surface area contributed by atoms with Crippen LogP contribution in [-0.4, -0.2) is 43.0 Å². The maximum absolute atomic E-state index is 12.4. The van der Waals surface area contributed by atoms with E-state index in [0.29, 0.717) is 48.1 Å². The average Bonchev–Trinajstić information content (AvgIpc) is 2.65. The van der Waals surface area contributed by atoms with Gasteiger partial charge in [0.1, 0.15) is 0 Å². The van der Waals surface area contributed by atoms with Crippen LogP contribution >= 0.6 is 11.6 Å². The second kappa shape index (κ2) is 7.68. The lowest BCUT2D eigenvalue weighted by molar-refractivity contribution is 0.0303. The van der Waals surface area contributed by atoms with Crippen LogP contribution in [0.15, 0.2) is 42.5 Å². The Bertz CT molecular complexity index is 784. The minimum atomic E-state index is -0.245. The predicted octanol–water partition coefficient (Wildman–Crippen LogP) is 3.37. The molecule has 0 radical (unpaired) electrons. The summed E-state index contributed by atoms with van der Waals surface area (Å²) >= 11 is 6.07. The first kappa shape index (κ1) is 17.5. The first-order valence-corrected chi connectivity index (χ1v) is 8.47. The second-order valence-electron chi connectivity index (χ2n) is 5.90. The van der Waals surface area contributed by atoms with Crippen molar-refractivity contribution in [3.8, 4) is 0 Å². The second-order valence-corrected chi connectivity index (χ2v) is 6.31. The zero-order chi connectivity index (χ0) is 17.8. The summed E-state index contributed by atoms with van der Waals surface area (Å²) in [5.41, 5.74) is 2.63. The number of hydrogen-bond acceptors (Lipinski definition) is 3. The van der Waals surface area contributed by atoms with E-state index in [1.807, 2.05) is 13.0 Å². The monoisotopic (exact) mass is 358 g/mol. The van der Waals surface area contributed by atoms with Crippen LogP contribution in [0, 0.1) is 6.92 Å². The molecular weight excluding hydrogens is 340 g/mol. The van der Waals surface area contributed by atoms with Gasteiger partial charge < -0.3 is 15.0 Å². The van der Waals surface area contributed by atoms with Gasteiger partial charge in [0.15, 0.2) is 0 Å². The summed E-state index contributed by atoms with van der Waals surface area (Å²) in [6, 6.07) is 12.0. The molecule has 0 spiro atoms. The van der Waals surface area contributed by atoms with Crippen LogP contribution in [0.25, 0.3) is 0 Å². The van der Waals surface area contributed by atoms with Crippen molar-refractivity contribution in [2.75, 3.05) is 31.6 Å². The molecule has 3 rings (SSSR count). The minimum Gasteiger partial charge on any atom is -0.378 e. The largest absolute Gasteiger partial charge is 0.378 e. The number of aryl methyl sites for hydroxylation is 1. The molecule has 2 aromatic carbocycles. The summed E-state index contributed by atoms with van der Waals surface area (Å²) in [5, 5.41) is 3.40. The van der Waals surface area contributed by atoms with E-state index in [-0.39, 0.29) is 11.8 Å². The molecule has 0 bridgehead atoms. The normalized spacial score (nSPS) is 14.2. The minimum absolute atomic E-state index is 0.0411. The first-order valence-electron chi connectivity index (χ1n) is 8.09. The number of carbonyl (C=O) groups excluding carboxylic acids is 2. The van der Waals surface area contributed by atoms with Gasteiger partial charge in [-0.1, -0.05) is 17.7 Å². The molecule has 0 saturated carbocycles. The van der Waals surface area contributed by atoms with Crippen molar-refractivity contribution in [3.63, 3.8) is 0 Å². The summed E-state index contributed by atoms with van der Waals surface area (Å²) in [7, 11) is 0. The smallest absolute Gasteiger partial charge is 0.255 e. The van der Waals surface area contributed by atoms with E-state index in [1.54, 1.807) is 41.3 Å². The standard InChI is InChI=1S/C19H19ClN2O3/c1-13-2-7-16(12-17(13)20)21-18(23)14-3-5-15(6-4-14)19(24)22-8-10-25-11-9-22/h2-7,12H,8-11H2,1H3,(H,21,23). The third-order valence-electron chi connectivity index (χ3n) is 4.12. The van der Waals surface area contributed by atoms with Crippen LogP contribution in [-0.2, 0) is 4.74 Å². The lowest BCUT2D eigenvalue weighted by Crippen LogP contribution is -2.40. The van der Waals surface area contributed by atoms with E-state index in [1.165, 1.54) is 0 Å². The molecular formula is C19H19ClN2O3. The number of nitrogens with zero attached hydrogens (tertiary/aromatic N) is 1. The number of morpholine rings is 1. The summed E-state index contributed by atoms with van der Waals surface area (Å²) in [6.07, 6.45) is 0. The molecule has 130 valence electrons. The van der Waals surface area contributed by atoms with Crippen molar-refractivity contribution in [1.29, 1.82) is 0 Å². The number of nitrogens with one attached hydrogen (secondary N) is 1. The predicted molar refractivity (Wildman–Crippen MR) is 97.3 cm³/mol. The van der Waals surface area contributed by atoms with E-state index in [0.717, 1.165) is 5.56 Å². The fourth-order valence-electron chi connectivity index (χ4n) is 2.59. The number of anilines is 1. The van der Waals surface area contributed by atoms with Gasteiger partial charge in [0.2, 0.25) is 0 Å². The van der Waals surface area contributed by atoms with Gasteiger partial charge >= 0.3 is 0 Å². The summed E-state index contributed by atoms with van der Waals surface area (Å²) in [6.45, 7) is 4.21. The van der Waals surface area contributed by atoms with Gasteiger partial charge in [-0.25, -0.2) is 0 Å². The highest BCUT2D eigenvalue weighted by Crippen LogP contribution is 2.20. The number of rotatable bonds is 3. The van der Waals surface area contributed by atoms with Crippen molar-refractivity contribution in [3.05, 3.63) is 64.2 Å². The summed E-state index contributed by atoms with van der Waals surface area (Å²) in [4.78, 5) is 26.5. The average molecular weight is 359 g/mol. The quantitative estimate of drug-likeness (QED) is 0.915. The van der Waals surface area contributed by atoms with Crippen LogP contribution in [0.4, 0.5) is 5.69 Å². The molecule has 25 heavy (non-hydrogen) atoms. The zero-order valence-electron chi connectivity index (χ0n) is 13.9. The van der Waals surface area contributed by atoms with E-state index < -0.39 is 0 Å². The van der Waals surface area contributed by atoms with Crippen molar-refractivity contribution < 1.29 is 14.3 Å². The van der Waals surface area contributed by atoms with Crippen LogP contribution in [0.5, 0.6) is 0 Å². The molecule has 1 fully saturated rings. The van der Waals surface area contributed by atoms with E-state index in [4.69, 9.17) is 16.3 Å². The molecule has 5 nitrogen and oxygen atoms in total. The molecule has 1 aliphatic heterocycles. The first-order chi connectivity index (χ1) is 12.0. The van der Waals surface area contributed by atoms with E-state index >= 15 is 0 Å². The van der Waals surface area contributed by atoms with Gasteiger partial charge in [-0.05, 0) is 48.9 Å². The summed E-state index contributed by atoms with van der Waals surface area (Å²) in [5.74, 6) is -0.286. The van der Waals surface area contributed by atoms with Gasteiger partial charge in [0, 0.05) is 34.9 Å². The molecule has 1 aliphatic rings. The van der Waals surface area contributed by atoms with Crippen LogP contribution in [0.1, 0.15) is 26.3 Å². The Morgan fingerprint density at radius 1 is 1.04 bits per heavy atom. The van der Waals surface area contributed by atoms with Crippen molar-refractivity contribution >= 4 is 29.1 Å². The van der Waals surface area contributed by atoms with Gasteiger partial charge in [-0.15, -0.1) is 0 Å². The van der Waals surface area contributed by atoms with E-state index in [9.17, 15) is 9.59 Å². The Balaban J connectivity index is 1.67. The van der Waals surface area contributed by atoms with Crippen molar-refractivity contribution in [1.82, 2.24) is 4.90 Å². The van der Waals surface area contributed by atoms with Gasteiger partial charge in [0.05, 0.1) is 13.2 Å². The van der Waals surface area contributed by atoms with Gasteiger partial charge in [-0.3, -0.25) is 9.59 Å². The van der Waals surface area contributed by atoms with Crippen LogP contribution in [0.3, 0.4) is 0 Å². The maximum Gasteiger partial charge on any atom is 0.255 e. The third kappa shape index (κ3) is 4.18. The third-order valence-corrected chi connectivity index (χ3v) is 4.53. The molecule has 1 heterocycles. The maximum atomic E-state index is 12.4. The van der Waals surface area contributed by atoms with Crippen molar-refractivity contribution in [2.24, 2.45) is 0 Å². The van der Waals surface area contributed by atoms with Gasteiger partial charge in [0.25, 0.3) is 11.8 Å². The number of halogens is 1. The molecule has 1 saturated heterocycles. The Labute approximate surface area is 151 Å².